The quantitative estimate of drug-likeness (QED) is 0.787. The molecule has 0 heterocycles. The zero-order valence-electron chi connectivity index (χ0n) is 13.5. The Morgan fingerprint density at radius 1 is 1.27 bits per heavy atom. The van der Waals surface area contributed by atoms with Crippen LogP contribution in [0.5, 0.6) is 5.75 Å². The van der Waals surface area contributed by atoms with E-state index in [1.54, 1.807) is 31.4 Å². The van der Waals surface area contributed by atoms with Gasteiger partial charge in [0, 0.05) is 13.0 Å². The molecule has 1 rings (SSSR count). The van der Waals surface area contributed by atoms with Crippen molar-refractivity contribution in [1.29, 1.82) is 0 Å². The molecule has 0 aliphatic carbocycles. The van der Waals surface area contributed by atoms with E-state index >= 15 is 0 Å². The standard InChI is InChI=1S/C15H24N2O4S/c1-12(2)11-15(18)16-9-10-17(22(4,19)20)13-5-7-14(21-3)8-6-13/h5-8,12H,9-11H2,1-4H3,(H,16,18). The summed E-state index contributed by atoms with van der Waals surface area (Å²) >= 11 is 0. The Hall–Kier alpha value is -1.76. The van der Waals surface area contributed by atoms with Crippen molar-refractivity contribution < 1.29 is 17.9 Å². The first-order valence-corrected chi connectivity index (χ1v) is 8.97. The second kappa shape index (κ2) is 8.03. The van der Waals surface area contributed by atoms with Crippen molar-refractivity contribution in [3.05, 3.63) is 24.3 Å². The highest BCUT2D eigenvalue weighted by atomic mass is 32.2. The molecule has 6 nitrogen and oxygen atoms in total. The Bertz CT molecular complexity index is 582. The number of anilines is 1. The fraction of sp³-hybridized carbons (Fsp3) is 0.533. The van der Waals surface area contributed by atoms with Crippen molar-refractivity contribution in [2.45, 2.75) is 20.3 Å². The van der Waals surface area contributed by atoms with Gasteiger partial charge in [-0.1, -0.05) is 13.8 Å². The Balaban J connectivity index is 2.72. The zero-order valence-corrected chi connectivity index (χ0v) is 14.3. The summed E-state index contributed by atoms with van der Waals surface area (Å²) in [6, 6.07) is 6.75. The van der Waals surface area contributed by atoms with Crippen molar-refractivity contribution in [2.75, 3.05) is 30.8 Å². The second-order valence-corrected chi connectivity index (χ2v) is 7.39. The van der Waals surface area contributed by atoms with E-state index in [4.69, 9.17) is 4.74 Å². The summed E-state index contributed by atoms with van der Waals surface area (Å²) in [6.07, 6.45) is 1.58. The van der Waals surface area contributed by atoms with Gasteiger partial charge in [-0.05, 0) is 30.2 Å². The molecular formula is C15H24N2O4S. The molecule has 0 saturated heterocycles. The first kappa shape index (κ1) is 18.3. The Labute approximate surface area is 132 Å². The number of benzene rings is 1. The Morgan fingerprint density at radius 3 is 2.32 bits per heavy atom. The maximum Gasteiger partial charge on any atom is 0.232 e. The number of hydrogen-bond donors (Lipinski definition) is 1. The van der Waals surface area contributed by atoms with E-state index in [2.05, 4.69) is 5.32 Å². The van der Waals surface area contributed by atoms with Crippen LogP contribution in [0.25, 0.3) is 0 Å². The largest absolute Gasteiger partial charge is 0.497 e. The number of hydrogen-bond acceptors (Lipinski definition) is 4. The molecule has 1 aromatic carbocycles. The molecule has 22 heavy (non-hydrogen) atoms. The summed E-state index contributed by atoms with van der Waals surface area (Å²) in [5.74, 6) is 0.855. The number of sulfonamides is 1. The van der Waals surface area contributed by atoms with Gasteiger partial charge in [0.1, 0.15) is 5.75 Å². The predicted octanol–water partition coefficient (Wildman–Crippen LogP) is 1.62. The van der Waals surface area contributed by atoms with Crippen LogP contribution in [0, 0.1) is 5.92 Å². The fourth-order valence-corrected chi connectivity index (χ4v) is 2.90. The highest BCUT2D eigenvalue weighted by molar-refractivity contribution is 7.92. The van der Waals surface area contributed by atoms with Gasteiger partial charge < -0.3 is 10.1 Å². The smallest absolute Gasteiger partial charge is 0.232 e. The topological polar surface area (TPSA) is 75.7 Å². The van der Waals surface area contributed by atoms with Gasteiger partial charge in [-0.3, -0.25) is 9.10 Å². The molecule has 1 amide bonds. The van der Waals surface area contributed by atoms with Crippen LogP contribution in [0.2, 0.25) is 0 Å². The van der Waals surface area contributed by atoms with Gasteiger partial charge in [-0.25, -0.2) is 8.42 Å². The van der Waals surface area contributed by atoms with E-state index in [0.29, 0.717) is 17.9 Å². The zero-order chi connectivity index (χ0) is 16.8. The third-order valence-corrected chi connectivity index (χ3v) is 4.19. The summed E-state index contributed by atoms with van der Waals surface area (Å²) in [5.41, 5.74) is 0.543. The summed E-state index contributed by atoms with van der Waals surface area (Å²) in [6.45, 7) is 4.37. The van der Waals surface area contributed by atoms with Crippen molar-refractivity contribution >= 4 is 21.6 Å². The van der Waals surface area contributed by atoms with Gasteiger partial charge in [0.25, 0.3) is 0 Å². The number of nitrogens with zero attached hydrogens (tertiary/aromatic N) is 1. The summed E-state index contributed by atoms with van der Waals surface area (Å²) in [7, 11) is -1.87. The van der Waals surface area contributed by atoms with E-state index in [1.165, 1.54) is 4.31 Å². The molecule has 0 saturated carbocycles. The van der Waals surface area contributed by atoms with Gasteiger partial charge in [0.2, 0.25) is 15.9 Å². The number of nitrogens with one attached hydrogen (secondary N) is 1. The molecule has 0 radical (unpaired) electrons. The highest BCUT2D eigenvalue weighted by Gasteiger charge is 2.17. The molecule has 0 fully saturated rings. The van der Waals surface area contributed by atoms with Crippen molar-refractivity contribution in [2.24, 2.45) is 5.92 Å². The summed E-state index contributed by atoms with van der Waals surface area (Å²) < 4.78 is 30.2. The SMILES string of the molecule is COc1ccc(N(CCNC(=O)CC(C)C)S(C)(=O)=O)cc1. The van der Waals surface area contributed by atoms with Gasteiger partial charge >= 0.3 is 0 Å². The van der Waals surface area contributed by atoms with Crippen LogP contribution >= 0.6 is 0 Å². The van der Waals surface area contributed by atoms with Crippen LogP contribution in [0.15, 0.2) is 24.3 Å². The van der Waals surface area contributed by atoms with Crippen LogP contribution in [0.4, 0.5) is 5.69 Å². The van der Waals surface area contributed by atoms with E-state index in [-0.39, 0.29) is 24.9 Å². The van der Waals surface area contributed by atoms with Gasteiger partial charge in [0.05, 0.1) is 25.6 Å². The van der Waals surface area contributed by atoms with Gasteiger partial charge in [0.15, 0.2) is 0 Å². The molecule has 7 heteroatoms. The first-order chi connectivity index (χ1) is 10.2. The molecule has 0 aliphatic rings. The maximum atomic E-state index is 11.9. The number of ether oxygens (including phenoxy) is 1. The van der Waals surface area contributed by atoms with E-state index in [0.717, 1.165) is 6.26 Å². The molecule has 124 valence electrons. The molecule has 1 aromatic rings. The van der Waals surface area contributed by atoms with Crippen molar-refractivity contribution in [1.82, 2.24) is 5.32 Å². The molecule has 0 spiro atoms. The van der Waals surface area contributed by atoms with Crippen LogP contribution < -0.4 is 14.4 Å². The fourth-order valence-electron chi connectivity index (χ4n) is 1.97. The van der Waals surface area contributed by atoms with Crippen LogP contribution in [-0.2, 0) is 14.8 Å². The monoisotopic (exact) mass is 328 g/mol. The van der Waals surface area contributed by atoms with Crippen molar-refractivity contribution in [3.63, 3.8) is 0 Å². The average Bonchev–Trinajstić information content (AvgIpc) is 2.42. The number of carbonyl (C=O) groups excluding carboxylic acids is 1. The molecule has 0 unspecified atom stereocenters. The van der Waals surface area contributed by atoms with E-state index < -0.39 is 10.0 Å². The van der Waals surface area contributed by atoms with Gasteiger partial charge in [-0.2, -0.15) is 0 Å². The third kappa shape index (κ3) is 5.93. The molecule has 0 aromatic heterocycles. The first-order valence-electron chi connectivity index (χ1n) is 7.12. The Morgan fingerprint density at radius 2 is 1.86 bits per heavy atom. The lowest BCUT2D eigenvalue weighted by Gasteiger charge is -2.22. The second-order valence-electron chi connectivity index (χ2n) is 5.48. The number of amides is 1. The average molecular weight is 328 g/mol. The molecule has 0 bridgehead atoms. The van der Waals surface area contributed by atoms with Crippen LogP contribution in [0.1, 0.15) is 20.3 Å². The van der Waals surface area contributed by atoms with E-state index in [9.17, 15) is 13.2 Å². The lowest BCUT2D eigenvalue weighted by atomic mass is 10.1. The number of rotatable bonds is 8. The van der Waals surface area contributed by atoms with E-state index in [1.807, 2.05) is 13.8 Å². The molecular weight excluding hydrogens is 304 g/mol. The summed E-state index contributed by atoms with van der Waals surface area (Å²) in [4.78, 5) is 11.6. The lowest BCUT2D eigenvalue weighted by Crippen LogP contribution is -2.38. The minimum atomic E-state index is -3.42. The third-order valence-electron chi connectivity index (χ3n) is 2.99. The van der Waals surface area contributed by atoms with Gasteiger partial charge in [-0.15, -0.1) is 0 Å². The minimum Gasteiger partial charge on any atom is -0.497 e. The number of methoxy groups -OCH3 is 1. The van der Waals surface area contributed by atoms with Crippen molar-refractivity contribution in [3.8, 4) is 5.75 Å². The lowest BCUT2D eigenvalue weighted by molar-refractivity contribution is -0.121. The highest BCUT2D eigenvalue weighted by Crippen LogP contribution is 2.20. The Kier molecular flexibility index (Phi) is 6.67. The molecule has 0 atom stereocenters. The molecule has 0 aliphatic heterocycles. The number of carbonyl (C=O) groups is 1. The van der Waals surface area contributed by atoms with Crippen LogP contribution in [-0.4, -0.2) is 40.8 Å². The summed E-state index contributed by atoms with van der Waals surface area (Å²) in [5, 5.41) is 2.74. The predicted molar refractivity (Wildman–Crippen MR) is 87.6 cm³/mol. The normalized spacial score (nSPS) is 11.3. The van der Waals surface area contributed by atoms with Crippen LogP contribution in [0.3, 0.4) is 0 Å². The maximum absolute atomic E-state index is 11.9. The molecule has 1 N–H and O–H groups in total. The minimum absolute atomic E-state index is 0.0711.